The first-order chi connectivity index (χ1) is 13.2. The van der Waals surface area contributed by atoms with E-state index < -0.39 is 0 Å². The fraction of sp³-hybridized carbons (Fsp3) is 0.316. The molecule has 1 amide bonds. The fourth-order valence-electron chi connectivity index (χ4n) is 2.64. The summed E-state index contributed by atoms with van der Waals surface area (Å²) in [6.07, 6.45) is 2.48. The number of aromatic nitrogens is 2. The van der Waals surface area contributed by atoms with E-state index in [-0.39, 0.29) is 12.5 Å². The lowest BCUT2D eigenvalue weighted by Gasteiger charge is -2.18. The number of nitrogens with zero attached hydrogens (tertiary/aromatic N) is 3. The highest BCUT2D eigenvalue weighted by molar-refractivity contribution is 6.33. The Kier molecular flexibility index (Phi) is 6.62. The molecule has 0 radical (unpaired) electrons. The average molecular weight is 389 g/mol. The van der Waals surface area contributed by atoms with Crippen molar-refractivity contribution < 1.29 is 13.6 Å². The second-order valence-corrected chi connectivity index (χ2v) is 6.45. The third-order valence-electron chi connectivity index (χ3n) is 3.88. The molecule has 3 rings (SSSR count). The molecular formula is C19H21ClN4O3. The standard InChI is InChI=1S/C19H21ClN4O3/c1-2-9-24(12-17(25)21-11-14-6-5-10-26-14)13-18-22-23-19(27-18)15-7-3-4-8-16(15)20/h3-8,10H,2,9,11-13H2,1H3,(H,21,25). The third-order valence-corrected chi connectivity index (χ3v) is 4.21. The van der Waals surface area contributed by atoms with Crippen molar-refractivity contribution >= 4 is 17.5 Å². The molecule has 1 N–H and O–H groups in total. The van der Waals surface area contributed by atoms with Crippen molar-refractivity contribution in [1.82, 2.24) is 20.4 Å². The van der Waals surface area contributed by atoms with E-state index in [4.69, 9.17) is 20.4 Å². The summed E-state index contributed by atoms with van der Waals surface area (Å²) in [4.78, 5) is 14.2. The van der Waals surface area contributed by atoms with Crippen LogP contribution < -0.4 is 5.32 Å². The second kappa shape index (κ2) is 9.34. The summed E-state index contributed by atoms with van der Waals surface area (Å²) >= 11 is 6.17. The molecule has 0 aliphatic carbocycles. The predicted molar refractivity (Wildman–Crippen MR) is 101 cm³/mol. The summed E-state index contributed by atoms with van der Waals surface area (Å²) in [5.74, 6) is 1.43. The van der Waals surface area contributed by atoms with E-state index in [2.05, 4.69) is 22.4 Å². The van der Waals surface area contributed by atoms with Gasteiger partial charge in [0, 0.05) is 0 Å². The summed E-state index contributed by atoms with van der Waals surface area (Å²) in [5.41, 5.74) is 0.691. The molecule has 0 aliphatic rings. The van der Waals surface area contributed by atoms with Gasteiger partial charge in [-0.2, -0.15) is 0 Å². The van der Waals surface area contributed by atoms with Gasteiger partial charge in [-0.3, -0.25) is 9.69 Å². The van der Waals surface area contributed by atoms with Crippen molar-refractivity contribution in [2.75, 3.05) is 13.1 Å². The minimum Gasteiger partial charge on any atom is -0.467 e. The molecule has 27 heavy (non-hydrogen) atoms. The molecule has 7 nitrogen and oxygen atoms in total. The lowest BCUT2D eigenvalue weighted by molar-refractivity contribution is -0.122. The number of carbonyl (C=O) groups is 1. The Labute approximate surface area is 162 Å². The highest BCUT2D eigenvalue weighted by atomic mass is 35.5. The van der Waals surface area contributed by atoms with Gasteiger partial charge in [-0.25, -0.2) is 0 Å². The Hall–Kier alpha value is -2.64. The van der Waals surface area contributed by atoms with Gasteiger partial charge in [0.25, 0.3) is 0 Å². The minimum atomic E-state index is -0.0920. The van der Waals surface area contributed by atoms with Crippen molar-refractivity contribution in [3.8, 4) is 11.5 Å². The van der Waals surface area contributed by atoms with Gasteiger partial charge in [0.05, 0.1) is 36.5 Å². The highest BCUT2D eigenvalue weighted by Crippen LogP contribution is 2.26. The number of rotatable bonds is 9. The number of nitrogens with one attached hydrogen (secondary N) is 1. The van der Waals surface area contributed by atoms with Gasteiger partial charge in [0.15, 0.2) is 0 Å². The Morgan fingerprint density at radius 2 is 2.07 bits per heavy atom. The molecule has 0 atom stereocenters. The number of hydrogen-bond acceptors (Lipinski definition) is 6. The van der Waals surface area contributed by atoms with Crippen LogP contribution in [-0.2, 0) is 17.9 Å². The van der Waals surface area contributed by atoms with Gasteiger partial charge >= 0.3 is 0 Å². The van der Waals surface area contributed by atoms with E-state index in [0.717, 1.165) is 13.0 Å². The SMILES string of the molecule is CCCN(CC(=O)NCc1ccco1)Cc1nnc(-c2ccccc2Cl)o1. The molecule has 142 valence electrons. The zero-order chi connectivity index (χ0) is 19.1. The zero-order valence-corrected chi connectivity index (χ0v) is 15.8. The molecule has 0 saturated heterocycles. The third kappa shape index (κ3) is 5.42. The van der Waals surface area contributed by atoms with Gasteiger partial charge < -0.3 is 14.2 Å². The monoisotopic (exact) mass is 388 g/mol. The van der Waals surface area contributed by atoms with Crippen LogP contribution in [0.4, 0.5) is 0 Å². The van der Waals surface area contributed by atoms with E-state index >= 15 is 0 Å². The quantitative estimate of drug-likeness (QED) is 0.603. The van der Waals surface area contributed by atoms with Crippen molar-refractivity contribution in [2.45, 2.75) is 26.4 Å². The summed E-state index contributed by atoms with van der Waals surface area (Å²) in [7, 11) is 0. The van der Waals surface area contributed by atoms with Gasteiger partial charge in [-0.05, 0) is 37.2 Å². The first kappa shape index (κ1) is 19.1. The number of halogens is 1. The van der Waals surface area contributed by atoms with Gasteiger partial charge in [-0.15, -0.1) is 10.2 Å². The maximum absolute atomic E-state index is 12.2. The van der Waals surface area contributed by atoms with Crippen LogP contribution in [0.1, 0.15) is 25.0 Å². The summed E-state index contributed by atoms with van der Waals surface area (Å²) in [5, 5.41) is 11.5. The van der Waals surface area contributed by atoms with E-state index in [1.54, 1.807) is 18.4 Å². The van der Waals surface area contributed by atoms with Gasteiger partial charge in [0.2, 0.25) is 17.7 Å². The van der Waals surface area contributed by atoms with Crippen LogP contribution in [0.5, 0.6) is 0 Å². The first-order valence-corrected chi connectivity index (χ1v) is 9.12. The van der Waals surface area contributed by atoms with E-state index in [1.807, 2.05) is 29.2 Å². The summed E-state index contributed by atoms with van der Waals surface area (Å²) in [6, 6.07) is 10.9. The van der Waals surface area contributed by atoms with E-state index in [9.17, 15) is 4.79 Å². The molecule has 2 aromatic heterocycles. The lowest BCUT2D eigenvalue weighted by Crippen LogP contribution is -2.37. The molecule has 2 heterocycles. The van der Waals surface area contributed by atoms with Crippen molar-refractivity contribution in [2.24, 2.45) is 0 Å². The largest absolute Gasteiger partial charge is 0.467 e. The number of amides is 1. The fourth-order valence-corrected chi connectivity index (χ4v) is 2.86. The zero-order valence-electron chi connectivity index (χ0n) is 15.0. The molecule has 0 fully saturated rings. The smallest absolute Gasteiger partial charge is 0.249 e. The van der Waals surface area contributed by atoms with E-state index in [1.165, 1.54) is 0 Å². The molecule has 1 aromatic carbocycles. The normalized spacial score (nSPS) is 11.1. The van der Waals surface area contributed by atoms with Crippen molar-refractivity contribution in [1.29, 1.82) is 0 Å². The molecular weight excluding hydrogens is 368 g/mol. The molecule has 0 spiro atoms. The Balaban J connectivity index is 1.59. The van der Waals surface area contributed by atoms with Crippen LogP contribution in [-0.4, -0.2) is 34.1 Å². The van der Waals surface area contributed by atoms with Gasteiger partial charge in [-0.1, -0.05) is 30.7 Å². The maximum Gasteiger partial charge on any atom is 0.249 e. The molecule has 0 unspecified atom stereocenters. The highest BCUT2D eigenvalue weighted by Gasteiger charge is 2.16. The molecule has 0 saturated carbocycles. The topological polar surface area (TPSA) is 84.4 Å². The summed E-state index contributed by atoms with van der Waals surface area (Å²) < 4.78 is 10.9. The van der Waals surface area contributed by atoms with Crippen LogP contribution in [0.2, 0.25) is 5.02 Å². The molecule has 0 aliphatic heterocycles. The molecule has 8 heteroatoms. The van der Waals surface area contributed by atoms with Gasteiger partial charge in [0.1, 0.15) is 5.76 Å². The number of hydrogen-bond donors (Lipinski definition) is 1. The number of furan rings is 1. The first-order valence-electron chi connectivity index (χ1n) is 8.74. The number of benzene rings is 1. The van der Waals surface area contributed by atoms with Crippen LogP contribution >= 0.6 is 11.6 Å². The van der Waals surface area contributed by atoms with Crippen LogP contribution in [0.3, 0.4) is 0 Å². The predicted octanol–water partition coefficient (Wildman–Crippen LogP) is 3.51. The average Bonchev–Trinajstić information content (AvgIpc) is 3.32. The summed E-state index contributed by atoms with van der Waals surface area (Å²) in [6.45, 7) is 3.77. The van der Waals surface area contributed by atoms with Crippen molar-refractivity contribution in [3.05, 3.63) is 59.3 Å². The minimum absolute atomic E-state index is 0.0920. The lowest BCUT2D eigenvalue weighted by atomic mass is 10.2. The Morgan fingerprint density at radius 3 is 2.81 bits per heavy atom. The number of carbonyl (C=O) groups excluding carboxylic acids is 1. The molecule has 0 bridgehead atoms. The van der Waals surface area contributed by atoms with Crippen LogP contribution in [0, 0.1) is 0 Å². The second-order valence-electron chi connectivity index (χ2n) is 6.05. The van der Waals surface area contributed by atoms with Crippen LogP contribution in [0.15, 0.2) is 51.5 Å². The Morgan fingerprint density at radius 1 is 1.22 bits per heavy atom. The van der Waals surface area contributed by atoms with Crippen molar-refractivity contribution in [3.63, 3.8) is 0 Å². The van der Waals surface area contributed by atoms with E-state index in [0.29, 0.717) is 41.2 Å². The maximum atomic E-state index is 12.2. The Bertz CT molecular complexity index is 863. The molecule has 3 aromatic rings. The van der Waals surface area contributed by atoms with Crippen LogP contribution in [0.25, 0.3) is 11.5 Å².